The average Bonchev–Trinajstić information content (AvgIpc) is 2.66. The normalized spacial score (nSPS) is 19.9. The highest BCUT2D eigenvalue weighted by atomic mass is 16.5. The number of aryl methyl sites for hydroxylation is 1. The molecule has 3 heteroatoms. The van der Waals surface area contributed by atoms with Crippen molar-refractivity contribution in [1.82, 2.24) is 0 Å². The van der Waals surface area contributed by atoms with E-state index in [0.29, 0.717) is 12.0 Å². The minimum Gasteiger partial charge on any atom is -0.462 e. The first-order valence-electron chi connectivity index (χ1n) is 8.98. The molecule has 25 heavy (non-hydrogen) atoms. The first kappa shape index (κ1) is 17.2. The van der Waals surface area contributed by atoms with E-state index in [9.17, 15) is 4.79 Å². The fourth-order valence-corrected chi connectivity index (χ4v) is 3.49. The third-order valence-electron chi connectivity index (χ3n) is 4.85. The van der Waals surface area contributed by atoms with Gasteiger partial charge in [0.25, 0.3) is 0 Å². The molecule has 3 rings (SSSR count). The molecule has 0 N–H and O–H groups in total. The molecule has 1 heterocycles. The van der Waals surface area contributed by atoms with E-state index in [1.54, 1.807) is 0 Å². The minimum atomic E-state index is -0.0720. The molecule has 0 aliphatic carbocycles. The summed E-state index contributed by atoms with van der Waals surface area (Å²) in [6, 6.07) is 20.2. The van der Waals surface area contributed by atoms with Gasteiger partial charge in [0.2, 0.25) is 0 Å². The van der Waals surface area contributed by atoms with Gasteiger partial charge in [0.15, 0.2) is 0 Å². The Morgan fingerprint density at radius 1 is 1.04 bits per heavy atom. The number of esters is 1. The fourth-order valence-electron chi connectivity index (χ4n) is 3.49. The average molecular weight is 333 g/mol. The number of ether oxygens (including phenoxy) is 1. The number of benzene rings is 2. The highest BCUT2D eigenvalue weighted by Crippen LogP contribution is 2.32. The molecule has 128 valence electrons. The largest absolute Gasteiger partial charge is 0.462 e. The van der Waals surface area contributed by atoms with Gasteiger partial charge < -0.3 is 4.74 Å². The highest BCUT2D eigenvalue weighted by Gasteiger charge is 2.29. The predicted octanol–water partition coefficient (Wildman–Crippen LogP) is 4.76. The number of nitrogens with zero attached hydrogens (tertiary/aromatic N) is 1. The van der Waals surface area contributed by atoms with Crippen LogP contribution in [0, 0.1) is 11.3 Å². The fraction of sp³-hybridized carbons (Fsp3) is 0.364. The topological polar surface area (TPSA) is 50.1 Å². The zero-order valence-corrected chi connectivity index (χ0v) is 14.4. The number of carbonyl (C=O) groups is 1. The Morgan fingerprint density at radius 3 is 2.52 bits per heavy atom. The van der Waals surface area contributed by atoms with E-state index < -0.39 is 0 Å². The molecule has 2 unspecified atom stereocenters. The quantitative estimate of drug-likeness (QED) is 0.565. The Hall–Kier alpha value is -2.60. The summed E-state index contributed by atoms with van der Waals surface area (Å²) in [5.74, 6) is 0.211. The van der Waals surface area contributed by atoms with Crippen molar-refractivity contribution in [3.05, 3.63) is 71.3 Å². The number of nitriles is 1. The summed E-state index contributed by atoms with van der Waals surface area (Å²) in [6.45, 7) is 0. The molecule has 1 saturated heterocycles. The summed E-state index contributed by atoms with van der Waals surface area (Å²) in [7, 11) is 0. The van der Waals surface area contributed by atoms with Gasteiger partial charge in [-0.3, -0.25) is 4.79 Å². The van der Waals surface area contributed by atoms with Gasteiger partial charge in [0.05, 0.1) is 18.1 Å². The summed E-state index contributed by atoms with van der Waals surface area (Å²) in [6.07, 6.45) is 5.47. The van der Waals surface area contributed by atoms with Crippen LogP contribution in [0.1, 0.15) is 54.7 Å². The van der Waals surface area contributed by atoms with Gasteiger partial charge in [-0.05, 0) is 61.3 Å². The summed E-state index contributed by atoms with van der Waals surface area (Å²) in [5, 5.41) is 8.82. The summed E-state index contributed by atoms with van der Waals surface area (Å²) < 4.78 is 5.55. The van der Waals surface area contributed by atoms with Gasteiger partial charge in [-0.2, -0.15) is 5.26 Å². The lowest BCUT2D eigenvalue weighted by Gasteiger charge is -2.29. The van der Waals surface area contributed by atoms with Crippen LogP contribution in [0.15, 0.2) is 54.6 Å². The van der Waals surface area contributed by atoms with E-state index in [1.807, 2.05) is 42.5 Å². The Labute approximate surface area is 149 Å². The lowest BCUT2D eigenvalue weighted by molar-refractivity contribution is -0.155. The molecule has 1 fully saturated rings. The number of hydrogen-bond donors (Lipinski definition) is 0. The van der Waals surface area contributed by atoms with Crippen LogP contribution in [0.25, 0.3) is 0 Å². The molecule has 1 aliphatic rings. The molecule has 0 aromatic heterocycles. The first-order valence-corrected chi connectivity index (χ1v) is 8.98. The number of rotatable bonds is 6. The molecule has 0 radical (unpaired) electrons. The van der Waals surface area contributed by atoms with Gasteiger partial charge in [-0.1, -0.05) is 42.5 Å². The predicted molar refractivity (Wildman–Crippen MR) is 97.0 cm³/mol. The number of hydrogen-bond acceptors (Lipinski definition) is 3. The van der Waals surface area contributed by atoms with Crippen molar-refractivity contribution in [2.75, 3.05) is 0 Å². The number of carbonyl (C=O) groups excluding carboxylic acids is 1. The smallest absolute Gasteiger partial charge is 0.306 e. The molecule has 2 aromatic rings. The van der Waals surface area contributed by atoms with Crippen LogP contribution in [0.2, 0.25) is 0 Å². The van der Waals surface area contributed by atoms with Crippen molar-refractivity contribution in [3.63, 3.8) is 0 Å². The van der Waals surface area contributed by atoms with E-state index in [1.165, 1.54) is 11.1 Å². The highest BCUT2D eigenvalue weighted by molar-refractivity contribution is 5.71. The zero-order valence-electron chi connectivity index (χ0n) is 14.4. The summed E-state index contributed by atoms with van der Waals surface area (Å²) in [5.41, 5.74) is 3.19. The molecular formula is C22H23NO2. The Morgan fingerprint density at radius 2 is 1.80 bits per heavy atom. The Kier molecular flexibility index (Phi) is 5.85. The Bertz CT molecular complexity index is 731. The monoisotopic (exact) mass is 333 g/mol. The molecule has 0 saturated carbocycles. The van der Waals surface area contributed by atoms with Crippen LogP contribution in [-0.4, -0.2) is 12.1 Å². The molecule has 1 aliphatic heterocycles. The second-order valence-corrected chi connectivity index (χ2v) is 6.71. The van der Waals surface area contributed by atoms with Crippen molar-refractivity contribution in [2.45, 2.75) is 50.5 Å². The van der Waals surface area contributed by atoms with Crippen molar-refractivity contribution in [1.29, 1.82) is 5.26 Å². The van der Waals surface area contributed by atoms with Crippen LogP contribution >= 0.6 is 0 Å². The van der Waals surface area contributed by atoms with Crippen LogP contribution in [0.4, 0.5) is 0 Å². The molecule has 2 atom stereocenters. The first-order chi connectivity index (χ1) is 12.2. The van der Waals surface area contributed by atoms with Crippen molar-refractivity contribution in [3.8, 4) is 6.07 Å². The van der Waals surface area contributed by atoms with Gasteiger partial charge in [-0.15, -0.1) is 0 Å². The summed E-state index contributed by atoms with van der Waals surface area (Å²) >= 11 is 0. The third-order valence-corrected chi connectivity index (χ3v) is 4.85. The van der Waals surface area contributed by atoms with Gasteiger partial charge in [-0.25, -0.2) is 0 Å². The molecule has 2 aromatic carbocycles. The van der Waals surface area contributed by atoms with E-state index >= 15 is 0 Å². The standard InChI is InChI=1S/C22H23NO2/c23-16-18-12-10-17(11-13-18)6-4-5-9-21-14-20(15-22(24)25-21)19-7-2-1-3-8-19/h1-3,7-8,10-13,20-21H,4-6,9,14-15H2. The third kappa shape index (κ3) is 4.93. The van der Waals surface area contributed by atoms with E-state index in [2.05, 4.69) is 18.2 Å². The number of cyclic esters (lactones) is 1. The molecule has 0 amide bonds. The van der Waals surface area contributed by atoms with Gasteiger partial charge in [0.1, 0.15) is 6.10 Å². The molecule has 0 spiro atoms. The van der Waals surface area contributed by atoms with Crippen molar-refractivity contribution in [2.24, 2.45) is 0 Å². The second-order valence-electron chi connectivity index (χ2n) is 6.71. The number of unbranched alkanes of at least 4 members (excludes halogenated alkanes) is 1. The lowest BCUT2D eigenvalue weighted by Crippen LogP contribution is -2.28. The van der Waals surface area contributed by atoms with Crippen LogP contribution in [0.3, 0.4) is 0 Å². The SMILES string of the molecule is N#Cc1ccc(CCCCC2CC(c3ccccc3)CC(=O)O2)cc1. The minimum absolute atomic E-state index is 0.0346. The Balaban J connectivity index is 1.46. The lowest BCUT2D eigenvalue weighted by atomic mass is 9.87. The second kappa shape index (κ2) is 8.48. The van der Waals surface area contributed by atoms with Gasteiger partial charge in [0, 0.05) is 0 Å². The van der Waals surface area contributed by atoms with Crippen LogP contribution in [-0.2, 0) is 16.0 Å². The van der Waals surface area contributed by atoms with E-state index in [-0.39, 0.29) is 18.0 Å². The van der Waals surface area contributed by atoms with E-state index in [4.69, 9.17) is 10.00 Å². The zero-order chi connectivity index (χ0) is 17.5. The van der Waals surface area contributed by atoms with E-state index in [0.717, 1.165) is 32.1 Å². The maximum absolute atomic E-state index is 11.9. The summed E-state index contributed by atoms with van der Waals surface area (Å²) in [4.78, 5) is 11.9. The van der Waals surface area contributed by atoms with Crippen LogP contribution < -0.4 is 0 Å². The van der Waals surface area contributed by atoms with Crippen molar-refractivity contribution >= 4 is 5.97 Å². The molecular weight excluding hydrogens is 310 g/mol. The molecule has 3 nitrogen and oxygen atoms in total. The maximum atomic E-state index is 11.9. The van der Waals surface area contributed by atoms with Gasteiger partial charge >= 0.3 is 5.97 Å². The molecule has 0 bridgehead atoms. The maximum Gasteiger partial charge on any atom is 0.306 e. The van der Waals surface area contributed by atoms with Crippen LogP contribution in [0.5, 0.6) is 0 Å². The van der Waals surface area contributed by atoms with Crippen molar-refractivity contribution < 1.29 is 9.53 Å².